The predicted octanol–water partition coefficient (Wildman–Crippen LogP) is 3.22. The van der Waals surface area contributed by atoms with Crippen LogP contribution in [-0.2, 0) is 13.7 Å². The first kappa shape index (κ1) is 18.6. The van der Waals surface area contributed by atoms with Gasteiger partial charge in [-0.25, -0.2) is 4.79 Å². The minimum Gasteiger partial charge on any atom is -0.489 e. The second-order valence-corrected chi connectivity index (χ2v) is 6.90. The highest BCUT2D eigenvalue weighted by Gasteiger charge is 2.13. The summed E-state index contributed by atoms with van der Waals surface area (Å²) in [5, 5.41) is 7.76. The molecule has 146 valence electrons. The molecule has 4 aromatic rings. The summed E-state index contributed by atoms with van der Waals surface area (Å²) >= 11 is 0. The molecule has 2 aromatic heterocycles. The van der Waals surface area contributed by atoms with Gasteiger partial charge in [-0.1, -0.05) is 42.0 Å². The Kier molecular flexibility index (Phi) is 4.95. The van der Waals surface area contributed by atoms with E-state index in [0.29, 0.717) is 18.0 Å². The summed E-state index contributed by atoms with van der Waals surface area (Å²) in [5.41, 5.74) is 5.32. The molecule has 0 amide bonds. The van der Waals surface area contributed by atoms with Gasteiger partial charge in [0.05, 0.1) is 11.4 Å². The normalized spacial score (nSPS) is 10.9. The van der Waals surface area contributed by atoms with E-state index in [-0.39, 0.29) is 5.69 Å². The summed E-state index contributed by atoms with van der Waals surface area (Å²) in [7, 11) is 1.57. The maximum Gasteiger partial charge on any atom is 0.368 e. The summed E-state index contributed by atoms with van der Waals surface area (Å²) in [6.45, 7) is 4.33. The summed E-state index contributed by atoms with van der Waals surface area (Å²) in [4.78, 5) is 16.7. The molecule has 0 fully saturated rings. The van der Waals surface area contributed by atoms with E-state index in [1.165, 1.54) is 14.9 Å². The number of benzene rings is 2. The topological polar surface area (TPSA) is 74.8 Å². The Morgan fingerprint density at radius 1 is 1.00 bits per heavy atom. The number of aryl methyl sites for hydroxylation is 3. The van der Waals surface area contributed by atoms with Crippen molar-refractivity contribution in [2.45, 2.75) is 20.5 Å². The monoisotopic (exact) mass is 387 g/mol. The molecular formula is C22H21N5O2. The number of hydrogen-bond acceptors (Lipinski definition) is 5. The van der Waals surface area contributed by atoms with Crippen LogP contribution in [0.15, 0.2) is 65.6 Å². The van der Waals surface area contributed by atoms with Gasteiger partial charge in [0.25, 0.3) is 0 Å². The lowest BCUT2D eigenvalue weighted by atomic mass is 10.1. The van der Waals surface area contributed by atoms with Crippen molar-refractivity contribution in [3.05, 3.63) is 88.0 Å². The van der Waals surface area contributed by atoms with Crippen LogP contribution < -0.4 is 10.4 Å². The van der Waals surface area contributed by atoms with Gasteiger partial charge in [-0.2, -0.15) is 9.36 Å². The lowest BCUT2D eigenvalue weighted by Gasteiger charge is -2.13. The molecule has 4 rings (SSSR count). The van der Waals surface area contributed by atoms with Gasteiger partial charge in [0.15, 0.2) is 0 Å². The second kappa shape index (κ2) is 7.71. The number of rotatable bonds is 5. The number of aromatic nitrogens is 5. The lowest BCUT2D eigenvalue weighted by Crippen LogP contribution is -2.23. The van der Waals surface area contributed by atoms with E-state index >= 15 is 0 Å². The highest BCUT2D eigenvalue weighted by Crippen LogP contribution is 2.24. The van der Waals surface area contributed by atoms with Crippen LogP contribution in [0, 0.1) is 13.8 Å². The Labute approximate surface area is 168 Å². The zero-order chi connectivity index (χ0) is 20.4. The fraction of sp³-hybridized carbons (Fsp3) is 0.182. The van der Waals surface area contributed by atoms with Crippen molar-refractivity contribution < 1.29 is 4.74 Å². The van der Waals surface area contributed by atoms with Crippen LogP contribution in [0.25, 0.3) is 16.9 Å². The van der Waals surface area contributed by atoms with Crippen molar-refractivity contribution in [1.29, 1.82) is 0 Å². The SMILES string of the molecule is Cc1ccc(-c2cc(OCc3c(C)cccc3-n3nnn(C)c3=O)ccn2)cc1. The lowest BCUT2D eigenvalue weighted by molar-refractivity contribution is 0.304. The molecule has 0 bridgehead atoms. The first-order valence-corrected chi connectivity index (χ1v) is 9.27. The van der Waals surface area contributed by atoms with Gasteiger partial charge >= 0.3 is 5.69 Å². The average molecular weight is 387 g/mol. The first-order chi connectivity index (χ1) is 14.0. The van der Waals surface area contributed by atoms with Gasteiger partial charge < -0.3 is 4.74 Å². The quantitative estimate of drug-likeness (QED) is 0.526. The van der Waals surface area contributed by atoms with Gasteiger partial charge in [0, 0.05) is 30.4 Å². The summed E-state index contributed by atoms with van der Waals surface area (Å²) in [6.07, 6.45) is 1.73. The molecule has 7 nitrogen and oxygen atoms in total. The summed E-state index contributed by atoms with van der Waals surface area (Å²) in [6, 6.07) is 17.6. The molecule has 2 aromatic carbocycles. The molecule has 0 saturated carbocycles. The van der Waals surface area contributed by atoms with Crippen LogP contribution in [0.3, 0.4) is 0 Å². The zero-order valence-corrected chi connectivity index (χ0v) is 16.5. The van der Waals surface area contributed by atoms with Crippen molar-refractivity contribution in [3.63, 3.8) is 0 Å². The van der Waals surface area contributed by atoms with Crippen LogP contribution in [0.2, 0.25) is 0 Å². The predicted molar refractivity (Wildman–Crippen MR) is 110 cm³/mol. The fourth-order valence-corrected chi connectivity index (χ4v) is 3.08. The van der Waals surface area contributed by atoms with Crippen LogP contribution in [0.1, 0.15) is 16.7 Å². The molecule has 29 heavy (non-hydrogen) atoms. The Balaban J connectivity index is 1.62. The van der Waals surface area contributed by atoms with Crippen molar-refractivity contribution in [1.82, 2.24) is 24.8 Å². The molecule has 0 aliphatic rings. The van der Waals surface area contributed by atoms with E-state index in [1.54, 1.807) is 13.2 Å². The van der Waals surface area contributed by atoms with Crippen LogP contribution in [0.5, 0.6) is 5.75 Å². The van der Waals surface area contributed by atoms with Gasteiger partial charge in [-0.05, 0) is 42.0 Å². The Morgan fingerprint density at radius 2 is 1.79 bits per heavy atom. The minimum absolute atomic E-state index is 0.294. The Bertz CT molecular complexity index is 1210. The maximum atomic E-state index is 12.3. The molecule has 0 aliphatic heterocycles. The third-order valence-corrected chi connectivity index (χ3v) is 4.80. The summed E-state index contributed by atoms with van der Waals surface area (Å²) in [5.74, 6) is 0.705. The standard InChI is InChI=1S/C22H21N5O2/c1-15-7-9-17(10-8-15)20-13-18(11-12-23-20)29-14-19-16(2)5-4-6-21(19)27-22(28)26(3)24-25-27/h4-13H,14H2,1-3H3. The van der Waals surface area contributed by atoms with E-state index in [9.17, 15) is 4.79 Å². The average Bonchev–Trinajstić information content (AvgIpc) is 3.06. The number of hydrogen-bond donors (Lipinski definition) is 0. The smallest absolute Gasteiger partial charge is 0.368 e. The van der Waals surface area contributed by atoms with Gasteiger partial charge in [-0.3, -0.25) is 4.98 Å². The minimum atomic E-state index is -0.303. The van der Waals surface area contributed by atoms with Gasteiger partial charge in [-0.15, -0.1) is 0 Å². The third kappa shape index (κ3) is 3.80. The molecule has 0 saturated heterocycles. The van der Waals surface area contributed by atoms with E-state index in [1.807, 2.05) is 49.4 Å². The highest BCUT2D eigenvalue weighted by molar-refractivity contribution is 5.60. The molecule has 2 heterocycles. The number of pyridine rings is 1. The first-order valence-electron chi connectivity index (χ1n) is 9.27. The molecule has 0 aliphatic carbocycles. The Hall–Kier alpha value is -3.74. The van der Waals surface area contributed by atoms with Crippen LogP contribution in [-0.4, -0.2) is 24.8 Å². The zero-order valence-electron chi connectivity index (χ0n) is 16.5. The van der Waals surface area contributed by atoms with E-state index in [0.717, 1.165) is 22.4 Å². The van der Waals surface area contributed by atoms with Gasteiger partial charge in [0.2, 0.25) is 0 Å². The third-order valence-electron chi connectivity index (χ3n) is 4.80. The summed E-state index contributed by atoms with van der Waals surface area (Å²) < 4.78 is 8.54. The highest BCUT2D eigenvalue weighted by atomic mass is 16.5. The number of ether oxygens (including phenoxy) is 1. The number of nitrogens with zero attached hydrogens (tertiary/aromatic N) is 5. The fourth-order valence-electron chi connectivity index (χ4n) is 3.08. The largest absolute Gasteiger partial charge is 0.489 e. The Morgan fingerprint density at radius 3 is 2.52 bits per heavy atom. The molecule has 0 spiro atoms. The van der Waals surface area contributed by atoms with E-state index in [4.69, 9.17) is 4.74 Å². The van der Waals surface area contributed by atoms with Crippen molar-refractivity contribution in [3.8, 4) is 22.7 Å². The molecule has 0 radical (unpaired) electrons. The molecule has 7 heteroatoms. The van der Waals surface area contributed by atoms with Crippen molar-refractivity contribution in [2.24, 2.45) is 7.05 Å². The number of tetrazole rings is 1. The van der Waals surface area contributed by atoms with Crippen molar-refractivity contribution >= 4 is 0 Å². The van der Waals surface area contributed by atoms with Crippen LogP contribution in [0.4, 0.5) is 0 Å². The second-order valence-electron chi connectivity index (χ2n) is 6.90. The van der Waals surface area contributed by atoms with Gasteiger partial charge in [0.1, 0.15) is 12.4 Å². The van der Waals surface area contributed by atoms with E-state index < -0.39 is 0 Å². The molecular weight excluding hydrogens is 366 g/mol. The molecule has 0 N–H and O–H groups in total. The molecule has 0 atom stereocenters. The van der Waals surface area contributed by atoms with Crippen LogP contribution >= 0.6 is 0 Å². The maximum absolute atomic E-state index is 12.3. The van der Waals surface area contributed by atoms with Crippen molar-refractivity contribution in [2.75, 3.05) is 0 Å². The molecule has 0 unspecified atom stereocenters. The van der Waals surface area contributed by atoms with E-state index in [2.05, 4.69) is 34.5 Å².